The van der Waals surface area contributed by atoms with Gasteiger partial charge in [-0.1, -0.05) is 6.42 Å². The van der Waals surface area contributed by atoms with E-state index in [0.717, 1.165) is 18.1 Å². The molecule has 1 heterocycles. The Morgan fingerprint density at radius 3 is 3.00 bits per heavy atom. The zero-order valence-electron chi connectivity index (χ0n) is 7.99. The van der Waals surface area contributed by atoms with Gasteiger partial charge in [-0.25, -0.2) is 0 Å². The highest BCUT2D eigenvalue weighted by Crippen LogP contribution is 2.39. The molecule has 1 aliphatic rings. The SMILES string of the molecule is CCOc1cccnc1C1CCC1. The molecule has 13 heavy (non-hydrogen) atoms. The normalized spacial score (nSPS) is 16.7. The Hall–Kier alpha value is -1.05. The summed E-state index contributed by atoms with van der Waals surface area (Å²) in [5.74, 6) is 1.64. The molecule has 2 heteroatoms. The van der Waals surface area contributed by atoms with Gasteiger partial charge in [0, 0.05) is 12.1 Å². The molecule has 0 amide bonds. The zero-order chi connectivity index (χ0) is 9.10. The third-order valence-corrected chi connectivity index (χ3v) is 2.59. The summed E-state index contributed by atoms with van der Waals surface area (Å²) in [4.78, 5) is 4.39. The first-order valence-electron chi connectivity index (χ1n) is 4.99. The molecule has 1 aliphatic carbocycles. The van der Waals surface area contributed by atoms with Crippen molar-refractivity contribution < 1.29 is 4.74 Å². The summed E-state index contributed by atoms with van der Waals surface area (Å²) in [6, 6.07) is 3.96. The predicted octanol–water partition coefficient (Wildman–Crippen LogP) is 2.75. The summed E-state index contributed by atoms with van der Waals surface area (Å²) in [6.45, 7) is 2.74. The average molecular weight is 177 g/mol. The van der Waals surface area contributed by atoms with Gasteiger partial charge in [-0.15, -0.1) is 0 Å². The van der Waals surface area contributed by atoms with Gasteiger partial charge in [-0.05, 0) is 31.9 Å². The van der Waals surface area contributed by atoms with E-state index in [1.54, 1.807) is 0 Å². The molecule has 2 rings (SSSR count). The van der Waals surface area contributed by atoms with E-state index in [4.69, 9.17) is 4.74 Å². The van der Waals surface area contributed by atoms with Crippen LogP contribution in [-0.4, -0.2) is 11.6 Å². The zero-order valence-corrected chi connectivity index (χ0v) is 7.99. The van der Waals surface area contributed by atoms with Crippen LogP contribution in [0.4, 0.5) is 0 Å². The molecule has 1 aromatic heterocycles. The lowest BCUT2D eigenvalue weighted by Crippen LogP contribution is -2.12. The number of nitrogens with zero attached hydrogens (tertiary/aromatic N) is 1. The van der Waals surface area contributed by atoms with E-state index in [-0.39, 0.29) is 0 Å². The summed E-state index contributed by atoms with van der Waals surface area (Å²) in [7, 11) is 0. The minimum Gasteiger partial charge on any atom is -0.492 e. The van der Waals surface area contributed by atoms with Crippen LogP contribution in [0.2, 0.25) is 0 Å². The molecule has 2 nitrogen and oxygen atoms in total. The van der Waals surface area contributed by atoms with E-state index < -0.39 is 0 Å². The number of pyridine rings is 1. The summed E-state index contributed by atoms with van der Waals surface area (Å²) in [5, 5.41) is 0. The Balaban J connectivity index is 2.20. The van der Waals surface area contributed by atoms with Crippen LogP contribution in [0.5, 0.6) is 5.75 Å². The maximum atomic E-state index is 5.53. The van der Waals surface area contributed by atoms with Crippen molar-refractivity contribution in [2.24, 2.45) is 0 Å². The van der Waals surface area contributed by atoms with Crippen molar-refractivity contribution in [1.29, 1.82) is 0 Å². The minimum atomic E-state index is 0.655. The molecular formula is C11H15NO. The second kappa shape index (κ2) is 3.77. The van der Waals surface area contributed by atoms with Gasteiger partial charge in [0.1, 0.15) is 5.75 Å². The highest BCUT2D eigenvalue weighted by Gasteiger charge is 2.23. The first kappa shape index (κ1) is 8.54. The fourth-order valence-electron chi connectivity index (χ4n) is 1.67. The third kappa shape index (κ3) is 1.67. The summed E-state index contributed by atoms with van der Waals surface area (Å²) in [6.07, 6.45) is 5.75. The molecule has 0 N–H and O–H groups in total. The smallest absolute Gasteiger partial charge is 0.141 e. The van der Waals surface area contributed by atoms with Crippen LogP contribution >= 0.6 is 0 Å². The number of ether oxygens (including phenoxy) is 1. The minimum absolute atomic E-state index is 0.655. The quantitative estimate of drug-likeness (QED) is 0.708. The Morgan fingerprint density at radius 2 is 2.38 bits per heavy atom. The Bertz CT molecular complexity index is 281. The predicted molar refractivity (Wildman–Crippen MR) is 52.0 cm³/mol. The molecule has 0 aromatic carbocycles. The summed E-state index contributed by atoms with van der Waals surface area (Å²) < 4.78 is 5.53. The Morgan fingerprint density at radius 1 is 1.54 bits per heavy atom. The molecule has 0 bridgehead atoms. The number of rotatable bonds is 3. The van der Waals surface area contributed by atoms with Gasteiger partial charge in [0.2, 0.25) is 0 Å². The standard InChI is InChI=1S/C11H15NO/c1-2-13-10-7-4-8-12-11(10)9-5-3-6-9/h4,7-9H,2-3,5-6H2,1H3. The van der Waals surface area contributed by atoms with Crippen molar-refractivity contribution in [3.05, 3.63) is 24.0 Å². The van der Waals surface area contributed by atoms with Gasteiger partial charge in [-0.2, -0.15) is 0 Å². The largest absolute Gasteiger partial charge is 0.492 e. The van der Waals surface area contributed by atoms with Crippen molar-refractivity contribution in [3.63, 3.8) is 0 Å². The highest BCUT2D eigenvalue weighted by molar-refractivity contribution is 5.30. The van der Waals surface area contributed by atoms with Gasteiger partial charge in [0.05, 0.1) is 12.3 Å². The van der Waals surface area contributed by atoms with Crippen molar-refractivity contribution in [2.45, 2.75) is 32.1 Å². The molecule has 0 saturated heterocycles. The average Bonchev–Trinajstić information content (AvgIpc) is 2.05. The molecule has 70 valence electrons. The maximum absolute atomic E-state index is 5.53. The topological polar surface area (TPSA) is 22.1 Å². The summed E-state index contributed by atoms with van der Waals surface area (Å²) >= 11 is 0. The molecule has 0 unspecified atom stereocenters. The Kier molecular flexibility index (Phi) is 2.48. The molecule has 0 radical (unpaired) electrons. The molecule has 0 atom stereocenters. The lowest BCUT2D eigenvalue weighted by molar-refractivity contribution is 0.318. The van der Waals surface area contributed by atoms with Crippen molar-refractivity contribution in [3.8, 4) is 5.75 Å². The van der Waals surface area contributed by atoms with Crippen LogP contribution in [0.15, 0.2) is 18.3 Å². The fraction of sp³-hybridized carbons (Fsp3) is 0.545. The van der Waals surface area contributed by atoms with Gasteiger partial charge in [0.25, 0.3) is 0 Å². The van der Waals surface area contributed by atoms with Gasteiger partial charge < -0.3 is 4.74 Å². The van der Waals surface area contributed by atoms with Crippen LogP contribution in [0.3, 0.4) is 0 Å². The van der Waals surface area contributed by atoms with E-state index >= 15 is 0 Å². The van der Waals surface area contributed by atoms with E-state index in [1.165, 1.54) is 19.3 Å². The second-order valence-corrected chi connectivity index (χ2v) is 3.45. The molecule has 0 aliphatic heterocycles. The fourth-order valence-corrected chi connectivity index (χ4v) is 1.67. The first-order valence-corrected chi connectivity index (χ1v) is 4.99. The van der Waals surface area contributed by atoms with Crippen LogP contribution in [0.1, 0.15) is 37.8 Å². The van der Waals surface area contributed by atoms with Gasteiger partial charge in [-0.3, -0.25) is 4.98 Å². The van der Waals surface area contributed by atoms with Crippen molar-refractivity contribution >= 4 is 0 Å². The molecule has 1 saturated carbocycles. The van der Waals surface area contributed by atoms with E-state index in [0.29, 0.717) is 5.92 Å². The van der Waals surface area contributed by atoms with E-state index in [9.17, 15) is 0 Å². The number of hydrogen-bond donors (Lipinski definition) is 0. The monoisotopic (exact) mass is 177 g/mol. The molecule has 0 spiro atoms. The Labute approximate surface area is 78.9 Å². The maximum Gasteiger partial charge on any atom is 0.141 e. The van der Waals surface area contributed by atoms with Crippen LogP contribution < -0.4 is 4.74 Å². The van der Waals surface area contributed by atoms with Crippen molar-refractivity contribution in [2.75, 3.05) is 6.61 Å². The van der Waals surface area contributed by atoms with E-state index in [2.05, 4.69) is 4.98 Å². The van der Waals surface area contributed by atoms with Gasteiger partial charge >= 0.3 is 0 Å². The van der Waals surface area contributed by atoms with Gasteiger partial charge in [0.15, 0.2) is 0 Å². The number of aromatic nitrogens is 1. The van der Waals surface area contributed by atoms with Crippen LogP contribution in [0, 0.1) is 0 Å². The second-order valence-electron chi connectivity index (χ2n) is 3.45. The third-order valence-electron chi connectivity index (χ3n) is 2.59. The van der Waals surface area contributed by atoms with E-state index in [1.807, 2.05) is 25.3 Å². The molecule has 1 aromatic rings. The lowest BCUT2D eigenvalue weighted by atomic mass is 9.82. The molecular weight excluding hydrogens is 162 g/mol. The summed E-state index contributed by atoms with van der Waals surface area (Å²) in [5.41, 5.74) is 1.16. The highest BCUT2D eigenvalue weighted by atomic mass is 16.5. The van der Waals surface area contributed by atoms with Crippen LogP contribution in [0.25, 0.3) is 0 Å². The lowest BCUT2D eigenvalue weighted by Gasteiger charge is -2.26. The van der Waals surface area contributed by atoms with Crippen molar-refractivity contribution in [1.82, 2.24) is 4.98 Å². The first-order chi connectivity index (χ1) is 6.42. The van der Waals surface area contributed by atoms with Crippen LogP contribution in [-0.2, 0) is 0 Å². The molecule has 1 fully saturated rings. The number of hydrogen-bond acceptors (Lipinski definition) is 2.